The van der Waals surface area contributed by atoms with Crippen LogP contribution in [0.1, 0.15) is 23.7 Å². The molecule has 0 bridgehead atoms. The fourth-order valence-corrected chi connectivity index (χ4v) is 1.46. The molecule has 0 heterocycles. The third-order valence-corrected chi connectivity index (χ3v) is 2.28. The van der Waals surface area contributed by atoms with Gasteiger partial charge in [0.1, 0.15) is 5.75 Å². The maximum atomic E-state index is 9.74. The number of hydrogen-bond donors (Lipinski definition) is 2. The Balaban J connectivity index is 2.88. The lowest BCUT2D eigenvalue weighted by molar-refractivity contribution is 0.169. The molecule has 0 aliphatic heterocycles. The Bertz CT molecular complexity index is 299. The average molecular weight is 195 g/mol. The van der Waals surface area contributed by atoms with Crippen LogP contribution in [0.2, 0.25) is 0 Å². The average Bonchev–Trinajstić information content (AvgIpc) is 2.17. The number of benzene rings is 1. The molecule has 0 aromatic heterocycles. The van der Waals surface area contributed by atoms with Gasteiger partial charge in [-0.2, -0.15) is 0 Å². The second-order valence-corrected chi connectivity index (χ2v) is 3.32. The zero-order chi connectivity index (χ0) is 10.6. The van der Waals surface area contributed by atoms with Crippen LogP contribution in [-0.4, -0.2) is 18.8 Å². The van der Waals surface area contributed by atoms with Gasteiger partial charge in [0.2, 0.25) is 0 Å². The fourth-order valence-electron chi connectivity index (χ4n) is 1.46. The van der Waals surface area contributed by atoms with Gasteiger partial charge in [-0.3, -0.25) is 0 Å². The highest BCUT2D eigenvalue weighted by Crippen LogP contribution is 2.23. The molecule has 0 saturated heterocycles. The SMILES string of the molecule is COc1ccc([C@H](O)CCN)c(C)c1. The first-order valence-electron chi connectivity index (χ1n) is 4.71. The molecule has 0 aliphatic carbocycles. The summed E-state index contributed by atoms with van der Waals surface area (Å²) in [5.41, 5.74) is 7.35. The third kappa shape index (κ3) is 2.47. The Labute approximate surface area is 84.5 Å². The summed E-state index contributed by atoms with van der Waals surface area (Å²) < 4.78 is 5.08. The van der Waals surface area contributed by atoms with Crippen molar-refractivity contribution in [2.45, 2.75) is 19.4 Å². The summed E-state index contributed by atoms with van der Waals surface area (Å²) in [7, 11) is 1.63. The summed E-state index contributed by atoms with van der Waals surface area (Å²) in [5.74, 6) is 0.811. The molecule has 3 heteroatoms. The van der Waals surface area contributed by atoms with Crippen molar-refractivity contribution in [1.29, 1.82) is 0 Å². The summed E-state index contributed by atoms with van der Waals surface area (Å²) >= 11 is 0. The number of aliphatic hydroxyl groups is 1. The molecule has 0 amide bonds. The predicted octanol–water partition coefficient (Wildman–Crippen LogP) is 1.39. The lowest BCUT2D eigenvalue weighted by Crippen LogP contribution is -2.07. The maximum Gasteiger partial charge on any atom is 0.119 e. The molecule has 14 heavy (non-hydrogen) atoms. The van der Waals surface area contributed by atoms with Crippen LogP contribution < -0.4 is 10.5 Å². The number of aliphatic hydroxyl groups excluding tert-OH is 1. The number of aryl methyl sites for hydroxylation is 1. The van der Waals surface area contributed by atoms with Gasteiger partial charge in [-0.1, -0.05) is 6.07 Å². The Morgan fingerprint density at radius 1 is 1.50 bits per heavy atom. The second-order valence-electron chi connectivity index (χ2n) is 3.32. The fraction of sp³-hybridized carbons (Fsp3) is 0.455. The van der Waals surface area contributed by atoms with Gasteiger partial charge in [0.15, 0.2) is 0 Å². The van der Waals surface area contributed by atoms with Gasteiger partial charge in [-0.05, 0) is 43.1 Å². The molecule has 0 aliphatic rings. The van der Waals surface area contributed by atoms with Crippen molar-refractivity contribution in [2.75, 3.05) is 13.7 Å². The van der Waals surface area contributed by atoms with Crippen LogP contribution in [-0.2, 0) is 0 Å². The minimum Gasteiger partial charge on any atom is -0.497 e. The van der Waals surface area contributed by atoms with Gasteiger partial charge >= 0.3 is 0 Å². The van der Waals surface area contributed by atoms with E-state index in [1.165, 1.54) is 0 Å². The van der Waals surface area contributed by atoms with Crippen LogP contribution in [0.15, 0.2) is 18.2 Å². The van der Waals surface area contributed by atoms with Gasteiger partial charge in [-0.25, -0.2) is 0 Å². The summed E-state index contributed by atoms with van der Waals surface area (Å²) in [5, 5.41) is 9.74. The van der Waals surface area contributed by atoms with Crippen LogP contribution in [0.5, 0.6) is 5.75 Å². The largest absolute Gasteiger partial charge is 0.497 e. The van der Waals surface area contributed by atoms with E-state index in [0.717, 1.165) is 16.9 Å². The summed E-state index contributed by atoms with van der Waals surface area (Å²) in [6.07, 6.45) is 0.124. The second kappa shape index (κ2) is 4.98. The van der Waals surface area contributed by atoms with E-state index in [4.69, 9.17) is 10.5 Å². The lowest BCUT2D eigenvalue weighted by Gasteiger charge is -2.13. The first kappa shape index (κ1) is 11.0. The highest BCUT2D eigenvalue weighted by molar-refractivity contribution is 5.35. The van der Waals surface area contributed by atoms with E-state index < -0.39 is 6.10 Å². The van der Waals surface area contributed by atoms with E-state index in [1.807, 2.05) is 25.1 Å². The maximum absolute atomic E-state index is 9.74. The Kier molecular flexibility index (Phi) is 3.92. The van der Waals surface area contributed by atoms with E-state index in [2.05, 4.69) is 0 Å². The number of ether oxygens (including phenoxy) is 1. The van der Waals surface area contributed by atoms with Crippen molar-refractivity contribution in [1.82, 2.24) is 0 Å². The number of methoxy groups -OCH3 is 1. The minimum absolute atomic E-state index is 0.467. The normalized spacial score (nSPS) is 12.6. The molecule has 1 aromatic rings. The monoisotopic (exact) mass is 195 g/mol. The van der Waals surface area contributed by atoms with Crippen LogP contribution in [0.25, 0.3) is 0 Å². The molecule has 1 rings (SSSR count). The highest BCUT2D eigenvalue weighted by atomic mass is 16.5. The Morgan fingerprint density at radius 2 is 2.21 bits per heavy atom. The first-order valence-corrected chi connectivity index (χ1v) is 4.71. The molecule has 78 valence electrons. The number of nitrogens with two attached hydrogens (primary N) is 1. The molecule has 3 nitrogen and oxygen atoms in total. The Morgan fingerprint density at radius 3 is 2.71 bits per heavy atom. The lowest BCUT2D eigenvalue weighted by atomic mass is 10.0. The first-order chi connectivity index (χ1) is 6.69. The van der Waals surface area contributed by atoms with Crippen molar-refractivity contribution in [3.63, 3.8) is 0 Å². The van der Waals surface area contributed by atoms with Gasteiger partial charge in [0, 0.05) is 0 Å². The quantitative estimate of drug-likeness (QED) is 0.763. The van der Waals surface area contributed by atoms with Crippen LogP contribution in [0.3, 0.4) is 0 Å². The van der Waals surface area contributed by atoms with Crippen LogP contribution in [0.4, 0.5) is 0 Å². The molecule has 3 N–H and O–H groups in total. The van der Waals surface area contributed by atoms with Crippen molar-refractivity contribution >= 4 is 0 Å². The molecule has 0 fully saturated rings. The molecular formula is C11H17NO2. The van der Waals surface area contributed by atoms with E-state index >= 15 is 0 Å². The number of hydrogen-bond acceptors (Lipinski definition) is 3. The molecular weight excluding hydrogens is 178 g/mol. The number of rotatable bonds is 4. The smallest absolute Gasteiger partial charge is 0.119 e. The van der Waals surface area contributed by atoms with E-state index in [-0.39, 0.29) is 0 Å². The molecule has 1 aromatic carbocycles. The molecule has 1 atom stereocenters. The van der Waals surface area contributed by atoms with Crippen molar-refractivity contribution in [3.8, 4) is 5.75 Å². The molecule has 0 radical (unpaired) electrons. The van der Waals surface area contributed by atoms with Crippen molar-refractivity contribution < 1.29 is 9.84 Å². The predicted molar refractivity (Wildman–Crippen MR) is 56.4 cm³/mol. The molecule has 0 spiro atoms. The van der Waals surface area contributed by atoms with Gasteiger partial charge in [0.25, 0.3) is 0 Å². The summed E-state index contributed by atoms with van der Waals surface area (Å²) in [6, 6.07) is 5.64. The third-order valence-electron chi connectivity index (χ3n) is 2.28. The van der Waals surface area contributed by atoms with Gasteiger partial charge < -0.3 is 15.6 Å². The van der Waals surface area contributed by atoms with Crippen LogP contribution in [0, 0.1) is 6.92 Å². The highest BCUT2D eigenvalue weighted by Gasteiger charge is 2.09. The van der Waals surface area contributed by atoms with E-state index in [9.17, 15) is 5.11 Å². The zero-order valence-electron chi connectivity index (χ0n) is 8.66. The summed E-state index contributed by atoms with van der Waals surface area (Å²) in [4.78, 5) is 0. The van der Waals surface area contributed by atoms with Crippen molar-refractivity contribution in [2.24, 2.45) is 5.73 Å². The Hall–Kier alpha value is -1.06. The topological polar surface area (TPSA) is 55.5 Å². The minimum atomic E-state index is -0.467. The van der Waals surface area contributed by atoms with Gasteiger partial charge in [-0.15, -0.1) is 0 Å². The van der Waals surface area contributed by atoms with E-state index in [0.29, 0.717) is 13.0 Å². The molecule has 0 saturated carbocycles. The van der Waals surface area contributed by atoms with Crippen molar-refractivity contribution in [3.05, 3.63) is 29.3 Å². The van der Waals surface area contributed by atoms with Gasteiger partial charge in [0.05, 0.1) is 13.2 Å². The van der Waals surface area contributed by atoms with E-state index in [1.54, 1.807) is 7.11 Å². The zero-order valence-corrected chi connectivity index (χ0v) is 8.66. The molecule has 0 unspecified atom stereocenters. The summed E-state index contributed by atoms with van der Waals surface area (Å²) in [6.45, 7) is 2.45. The van der Waals surface area contributed by atoms with Crippen LogP contribution >= 0.6 is 0 Å². The standard InChI is InChI=1S/C11H17NO2/c1-8-7-9(14-2)3-4-10(8)11(13)5-6-12/h3-4,7,11,13H,5-6,12H2,1-2H3/t11-/m1/s1.